The van der Waals surface area contributed by atoms with E-state index in [1.54, 1.807) is 0 Å². The van der Waals surface area contributed by atoms with Crippen molar-refractivity contribution in [3.8, 4) is 10.6 Å². The summed E-state index contributed by atoms with van der Waals surface area (Å²) in [5.74, 6) is 0. The molecule has 0 unspecified atom stereocenters. The maximum Gasteiger partial charge on any atom is 0.210 e. The molecule has 4 nitrogen and oxygen atoms in total. The molecule has 3 rings (SSSR count). The second kappa shape index (κ2) is 5.81. The second-order valence-corrected chi connectivity index (χ2v) is 5.24. The molecule has 1 heterocycles. The number of hydrogen-bond donors (Lipinski definition) is 2. The van der Waals surface area contributed by atoms with Crippen molar-refractivity contribution in [3.63, 3.8) is 0 Å². The smallest absolute Gasteiger partial charge is 0.210 e. The molecule has 2 aromatic carbocycles. The molecule has 0 aliphatic heterocycles. The predicted octanol–water partition coefficient (Wildman–Crippen LogP) is 3.44. The van der Waals surface area contributed by atoms with Gasteiger partial charge < -0.3 is 10.4 Å². The fourth-order valence-electron chi connectivity index (χ4n) is 1.79. The first-order valence-electron chi connectivity index (χ1n) is 6.21. The fourth-order valence-corrected chi connectivity index (χ4v) is 2.56. The summed E-state index contributed by atoms with van der Waals surface area (Å²) < 4.78 is 0. The summed E-state index contributed by atoms with van der Waals surface area (Å²) in [4.78, 5) is 0. The van der Waals surface area contributed by atoms with Gasteiger partial charge in [-0.1, -0.05) is 53.8 Å². The Morgan fingerprint density at radius 1 is 0.950 bits per heavy atom. The number of hydrogen-bond acceptors (Lipinski definition) is 5. The third-order valence-electron chi connectivity index (χ3n) is 2.83. The van der Waals surface area contributed by atoms with E-state index in [0.29, 0.717) is 0 Å². The first-order chi connectivity index (χ1) is 9.85. The van der Waals surface area contributed by atoms with Crippen LogP contribution in [0.25, 0.3) is 10.6 Å². The Balaban J connectivity index is 1.77. The van der Waals surface area contributed by atoms with Crippen LogP contribution in [0.15, 0.2) is 54.6 Å². The number of nitrogens with zero attached hydrogens (tertiary/aromatic N) is 2. The molecule has 0 aliphatic rings. The van der Waals surface area contributed by atoms with Gasteiger partial charge in [-0.05, 0) is 17.7 Å². The first-order valence-corrected chi connectivity index (χ1v) is 7.02. The van der Waals surface area contributed by atoms with Gasteiger partial charge in [-0.3, -0.25) is 0 Å². The lowest BCUT2D eigenvalue weighted by Gasteiger charge is -2.02. The monoisotopic (exact) mass is 283 g/mol. The van der Waals surface area contributed by atoms with Crippen molar-refractivity contribution in [2.45, 2.75) is 6.61 Å². The Bertz CT molecular complexity index is 680. The van der Waals surface area contributed by atoms with E-state index in [1.165, 1.54) is 11.3 Å². The number of aliphatic hydroxyl groups excluding tert-OH is 1. The maximum atomic E-state index is 9.01. The van der Waals surface area contributed by atoms with Gasteiger partial charge in [0.2, 0.25) is 5.13 Å². The van der Waals surface area contributed by atoms with Gasteiger partial charge in [0.05, 0.1) is 6.61 Å². The van der Waals surface area contributed by atoms with Crippen molar-refractivity contribution in [1.29, 1.82) is 0 Å². The molecule has 100 valence electrons. The number of aromatic nitrogens is 2. The van der Waals surface area contributed by atoms with Crippen molar-refractivity contribution in [2.24, 2.45) is 0 Å². The fraction of sp³-hybridized carbons (Fsp3) is 0.0667. The van der Waals surface area contributed by atoms with Crippen LogP contribution in [0.3, 0.4) is 0 Å². The van der Waals surface area contributed by atoms with Crippen LogP contribution >= 0.6 is 11.3 Å². The molecule has 2 N–H and O–H groups in total. The van der Waals surface area contributed by atoms with Crippen molar-refractivity contribution < 1.29 is 5.11 Å². The zero-order chi connectivity index (χ0) is 13.8. The minimum absolute atomic E-state index is 0.0528. The largest absolute Gasteiger partial charge is 0.392 e. The lowest BCUT2D eigenvalue weighted by molar-refractivity contribution is 0.282. The molecule has 0 atom stereocenters. The van der Waals surface area contributed by atoms with E-state index < -0.39 is 0 Å². The molecule has 0 fully saturated rings. The Morgan fingerprint density at radius 3 is 2.40 bits per heavy atom. The summed E-state index contributed by atoms with van der Waals surface area (Å²) in [5, 5.41) is 22.2. The molecule has 0 aliphatic carbocycles. The highest BCUT2D eigenvalue weighted by molar-refractivity contribution is 7.18. The molecule has 0 radical (unpaired) electrons. The SMILES string of the molecule is OCc1ccc(Nc2nnc(-c3ccccc3)s2)cc1. The number of aliphatic hydroxyl groups is 1. The normalized spacial score (nSPS) is 10.4. The molecule has 0 saturated carbocycles. The second-order valence-electron chi connectivity index (χ2n) is 4.26. The van der Waals surface area contributed by atoms with Crippen LogP contribution in [0.1, 0.15) is 5.56 Å². The number of benzene rings is 2. The highest BCUT2D eigenvalue weighted by Gasteiger charge is 2.06. The van der Waals surface area contributed by atoms with Gasteiger partial charge in [-0.25, -0.2) is 0 Å². The van der Waals surface area contributed by atoms with Crippen LogP contribution in [0.4, 0.5) is 10.8 Å². The molecule has 3 aromatic rings. The highest BCUT2D eigenvalue weighted by Crippen LogP contribution is 2.28. The molecule has 0 bridgehead atoms. The Kier molecular flexibility index (Phi) is 3.71. The van der Waals surface area contributed by atoms with Crippen molar-refractivity contribution >= 4 is 22.2 Å². The minimum atomic E-state index is 0.0528. The van der Waals surface area contributed by atoms with Crippen LogP contribution in [-0.4, -0.2) is 15.3 Å². The van der Waals surface area contributed by atoms with Crippen LogP contribution < -0.4 is 5.32 Å². The highest BCUT2D eigenvalue weighted by atomic mass is 32.1. The first kappa shape index (κ1) is 12.8. The number of rotatable bonds is 4. The summed E-state index contributed by atoms with van der Waals surface area (Å²) in [6, 6.07) is 17.6. The van der Waals surface area contributed by atoms with Gasteiger partial charge in [0, 0.05) is 11.3 Å². The standard InChI is InChI=1S/C15H13N3OS/c19-10-11-6-8-13(9-7-11)16-15-18-17-14(20-15)12-4-2-1-3-5-12/h1-9,19H,10H2,(H,16,18). The number of nitrogens with one attached hydrogen (secondary N) is 1. The van der Waals surface area contributed by atoms with E-state index in [1.807, 2.05) is 54.6 Å². The van der Waals surface area contributed by atoms with Crippen molar-refractivity contribution in [2.75, 3.05) is 5.32 Å². The summed E-state index contributed by atoms with van der Waals surface area (Å²) in [7, 11) is 0. The van der Waals surface area contributed by atoms with Crippen LogP contribution in [0, 0.1) is 0 Å². The van der Waals surface area contributed by atoms with E-state index in [0.717, 1.165) is 27.0 Å². The van der Waals surface area contributed by atoms with E-state index in [4.69, 9.17) is 5.11 Å². The van der Waals surface area contributed by atoms with E-state index in [2.05, 4.69) is 15.5 Å². The van der Waals surface area contributed by atoms with Crippen molar-refractivity contribution in [3.05, 3.63) is 60.2 Å². The maximum absolute atomic E-state index is 9.01. The molecule has 5 heteroatoms. The molecular weight excluding hydrogens is 270 g/mol. The Labute approximate surface area is 120 Å². The van der Waals surface area contributed by atoms with Gasteiger partial charge in [-0.2, -0.15) is 0 Å². The molecular formula is C15H13N3OS. The molecule has 0 saturated heterocycles. The molecule has 0 spiro atoms. The third kappa shape index (κ3) is 2.84. The topological polar surface area (TPSA) is 58.0 Å². The average Bonchev–Trinajstić information content (AvgIpc) is 2.97. The van der Waals surface area contributed by atoms with E-state index >= 15 is 0 Å². The van der Waals surface area contributed by atoms with Gasteiger partial charge in [0.25, 0.3) is 0 Å². The Morgan fingerprint density at radius 2 is 1.70 bits per heavy atom. The lowest BCUT2D eigenvalue weighted by Crippen LogP contribution is -1.90. The lowest BCUT2D eigenvalue weighted by atomic mass is 10.2. The number of anilines is 2. The molecule has 0 amide bonds. The summed E-state index contributed by atoms with van der Waals surface area (Å²) >= 11 is 1.51. The third-order valence-corrected chi connectivity index (χ3v) is 3.72. The minimum Gasteiger partial charge on any atom is -0.392 e. The quantitative estimate of drug-likeness (QED) is 0.770. The molecule has 20 heavy (non-hydrogen) atoms. The summed E-state index contributed by atoms with van der Waals surface area (Å²) in [6.45, 7) is 0.0528. The van der Waals surface area contributed by atoms with Gasteiger partial charge in [0.1, 0.15) is 5.01 Å². The zero-order valence-corrected chi connectivity index (χ0v) is 11.5. The summed E-state index contributed by atoms with van der Waals surface area (Å²) in [5.41, 5.74) is 2.88. The zero-order valence-electron chi connectivity index (χ0n) is 10.7. The van der Waals surface area contributed by atoms with Crippen LogP contribution in [-0.2, 0) is 6.61 Å². The molecule has 1 aromatic heterocycles. The van der Waals surface area contributed by atoms with Crippen LogP contribution in [0.5, 0.6) is 0 Å². The van der Waals surface area contributed by atoms with Gasteiger partial charge in [-0.15, -0.1) is 10.2 Å². The van der Waals surface area contributed by atoms with E-state index in [9.17, 15) is 0 Å². The Hall–Kier alpha value is -2.24. The van der Waals surface area contributed by atoms with Gasteiger partial charge >= 0.3 is 0 Å². The average molecular weight is 283 g/mol. The van der Waals surface area contributed by atoms with Crippen LogP contribution in [0.2, 0.25) is 0 Å². The van der Waals surface area contributed by atoms with E-state index in [-0.39, 0.29) is 6.61 Å². The van der Waals surface area contributed by atoms with Crippen molar-refractivity contribution in [1.82, 2.24) is 10.2 Å². The summed E-state index contributed by atoms with van der Waals surface area (Å²) in [6.07, 6.45) is 0. The van der Waals surface area contributed by atoms with Gasteiger partial charge in [0.15, 0.2) is 0 Å². The predicted molar refractivity (Wildman–Crippen MR) is 81.0 cm³/mol.